The van der Waals surface area contributed by atoms with E-state index in [1.807, 2.05) is 0 Å². The molecule has 3 rings (SSSR count). The Morgan fingerprint density at radius 2 is 1.04 bits per heavy atom. The third-order valence-corrected chi connectivity index (χ3v) is 9.29. The lowest BCUT2D eigenvalue weighted by Crippen LogP contribution is -3.00. The summed E-state index contributed by atoms with van der Waals surface area (Å²) in [7, 11) is -1.77. The Morgan fingerprint density at radius 3 is 1.42 bits per heavy atom. The van der Waals surface area contributed by atoms with Crippen molar-refractivity contribution in [2.75, 3.05) is 6.16 Å². The number of hydrogen-bond donors (Lipinski definition) is 0. The molecule has 0 aromatic heterocycles. The largest absolute Gasteiger partial charge is 1.00 e. The van der Waals surface area contributed by atoms with Gasteiger partial charge in [0.1, 0.15) is 23.2 Å². The highest BCUT2D eigenvalue weighted by Gasteiger charge is 2.44. The Balaban J connectivity index is 0.00000300. The molecule has 3 aromatic rings. The summed E-state index contributed by atoms with van der Waals surface area (Å²) in [6.45, 7) is -1.81. The fourth-order valence-electron chi connectivity index (χ4n) is 3.53. The van der Waals surface area contributed by atoms with E-state index >= 15 is 0 Å². The van der Waals surface area contributed by atoms with Crippen molar-refractivity contribution in [1.82, 2.24) is 0 Å². The van der Waals surface area contributed by atoms with Gasteiger partial charge in [-0.05, 0) is 49.2 Å². The van der Waals surface area contributed by atoms with Gasteiger partial charge in [-0.15, -0.1) is 0 Å². The van der Waals surface area contributed by atoms with Gasteiger partial charge in [-0.2, -0.15) is 0 Å². The summed E-state index contributed by atoms with van der Waals surface area (Å²) in [6, 6.07) is 32.6. The van der Waals surface area contributed by atoms with Crippen LogP contribution < -0.4 is 32.9 Å². The standard InChI is InChI=1S/C24H28P.BrH/c1-2-3-4-14-21-25(22-15-8-5-9-16-22,23-17-10-6-11-18-23)24-19-12-7-13-20-24;/h5-13,15-20H,2-4,14,21H2,1H3;1H/q+1;/p-1/i1D3;. The van der Waals surface area contributed by atoms with Gasteiger partial charge in [-0.3, -0.25) is 0 Å². The maximum absolute atomic E-state index is 7.43. The van der Waals surface area contributed by atoms with E-state index in [1.54, 1.807) is 0 Å². The average Bonchev–Trinajstić information content (AvgIpc) is 2.72. The third-order valence-electron chi connectivity index (χ3n) is 4.76. The van der Waals surface area contributed by atoms with Gasteiger partial charge < -0.3 is 17.0 Å². The minimum absolute atomic E-state index is 0. The first kappa shape index (κ1) is 16.7. The molecule has 0 atom stereocenters. The molecule has 0 heterocycles. The van der Waals surface area contributed by atoms with Crippen LogP contribution in [-0.2, 0) is 0 Å². The van der Waals surface area contributed by atoms with E-state index in [-0.39, 0.29) is 17.0 Å². The van der Waals surface area contributed by atoms with E-state index < -0.39 is 14.1 Å². The molecule has 2 heteroatoms. The predicted octanol–water partition coefficient (Wildman–Crippen LogP) is 2.56. The summed E-state index contributed by atoms with van der Waals surface area (Å²) in [4.78, 5) is 0. The second-order valence-electron chi connectivity index (χ2n) is 6.35. The highest BCUT2D eigenvalue weighted by Crippen LogP contribution is 2.55. The molecule has 0 fully saturated rings. The minimum Gasteiger partial charge on any atom is -1.00 e. The highest BCUT2D eigenvalue weighted by atomic mass is 79.9. The summed E-state index contributed by atoms with van der Waals surface area (Å²) in [5.41, 5.74) is 0. The summed E-state index contributed by atoms with van der Waals surface area (Å²) >= 11 is 0. The van der Waals surface area contributed by atoms with Gasteiger partial charge in [0, 0.05) is 4.11 Å². The Morgan fingerprint density at radius 1 is 0.615 bits per heavy atom. The SMILES string of the molecule is [2H]C([2H])([2H])CCCCC[P+](c1ccccc1)(c1ccccc1)c1ccccc1.[Br-]. The molecule has 0 amide bonds. The predicted molar refractivity (Wildman–Crippen MR) is 114 cm³/mol. The van der Waals surface area contributed by atoms with E-state index in [9.17, 15) is 0 Å². The number of unbranched alkanes of at least 4 members (excludes halogenated alkanes) is 2. The molecular weight excluding hydrogens is 399 g/mol. The Hall–Kier alpha value is -1.43. The molecule has 0 radical (unpaired) electrons. The smallest absolute Gasteiger partial charge is 0.112 e. The van der Waals surface area contributed by atoms with Gasteiger partial charge >= 0.3 is 0 Å². The maximum Gasteiger partial charge on any atom is 0.112 e. The number of rotatable bonds is 8. The molecule has 0 nitrogen and oxygen atoms in total. The van der Waals surface area contributed by atoms with Gasteiger partial charge in [0.15, 0.2) is 0 Å². The summed E-state index contributed by atoms with van der Waals surface area (Å²) in [6.07, 6.45) is 4.11. The lowest BCUT2D eigenvalue weighted by molar-refractivity contribution is -0.00000499. The Labute approximate surface area is 174 Å². The van der Waals surface area contributed by atoms with Crippen LogP contribution in [0.2, 0.25) is 0 Å². The Kier molecular flexibility index (Phi) is 6.85. The van der Waals surface area contributed by atoms with E-state index in [0.29, 0.717) is 6.42 Å². The summed E-state index contributed by atoms with van der Waals surface area (Å²) in [5.74, 6) is 0. The zero-order chi connectivity index (χ0) is 19.9. The van der Waals surface area contributed by atoms with Gasteiger partial charge in [-0.1, -0.05) is 74.3 Å². The molecule has 0 bridgehead atoms. The molecule has 136 valence electrons. The van der Waals surface area contributed by atoms with Crippen LogP contribution in [0.1, 0.15) is 36.6 Å². The molecule has 26 heavy (non-hydrogen) atoms. The van der Waals surface area contributed by atoms with Crippen molar-refractivity contribution in [2.24, 2.45) is 0 Å². The number of hydrogen-bond acceptors (Lipinski definition) is 0. The van der Waals surface area contributed by atoms with Crippen LogP contribution in [-0.4, -0.2) is 6.16 Å². The summed E-state index contributed by atoms with van der Waals surface area (Å²) in [5, 5.41) is 4.18. The fraction of sp³-hybridized carbons (Fsp3) is 0.250. The van der Waals surface area contributed by atoms with E-state index in [4.69, 9.17) is 4.11 Å². The van der Waals surface area contributed by atoms with Crippen LogP contribution in [0.4, 0.5) is 0 Å². The first-order valence-corrected chi connectivity index (χ1v) is 11.0. The molecule has 0 unspecified atom stereocenters. The molecule has 0 spiro atoms. The molecular formula is C24H28BrP. The van der Waals surface area contributed by atoms with Crippen molar-refractivity contribution in [3.8, 4) is 0 Å². The van der Waals surface area contributed by atoms with E-state index in [2.05, 4.69) is 91.0 Å². The van der Waals surface area contributed by atoms with Crippen molar-refractivity contribution in [2.45, 2.75) is 32.5 Å². The highest BCUT2D eigenvalue weighted by molar-refractivity contribution is 7.95. The minimum atomic E-state index is -1.81. The normalized spacial score (nSPS) is 13.2. The average molecular weight is 430 g/mol. The maximum atomic E-state index is 7.43. The van der Waals surface area contributed by atoms with Crippen molar-refractivity contribution < 1.29 is 21.1 Å². The molecule has 0 aliphatic heterocycles. The fourth-order valence-corrected chi connectivity index (χ4v) is 7.94. The summed E-state index contributed by atoms with van der Waals surface area (Å²) < 4.78 is 22.3. The second kappa shape index (κ2) is 10.7. The zero-order valence-corrected chi connectivity index (χ0v) is 17.5. The van der Waals surface area contributed by atoms with Gasteiger partial charge in [0.2, 0.25) is 0 Å². The molecule has 0 saturated carbocycles. The lowest BCUT2D eigenvalue weighted by Gasteiger charge is -2.27. The number of benzene rings is 3. The zero-order valence-electron chi connectivity index (χ0n) is 18.0. The molecule has 0 N–H and O–H groups in total. The first-order valence-electron chi connectivity index (χ1n) is 10.6. The van der Waals surface area contributed by atoms with Gasteiger partial charge in [0.05, 0.1) is 6.16 Å². The van der Waals surface area contributed by atoms with Crippen LogP contribution in [0.15, 0.2) is 91.0 Å². The quantitative estimate of drug-likeness (QED) is 0.381. The van der Waals surface area contributed by atoms with Crippen LogP contribution in [0.3, 0.4) is 0 Å². The second-order valence-corrected chi connectivity index (χ2v) is 9.97. The van der Waals surface area contributed by atoms with Gasteiger partial charge in [-0.25, -0.2) is 0 Å². The molecule has 0 aliphatic rings. The monoisotopic (exact) mass is 429 g/mol. The third kappa shape index (κ3) is 4.64. The van der Waals surface area contributed by atoms with E-state index in [1.165, 1.54) is 15.9 Å². The lowest BCUT2D eigenvalue weighted by atomic mass is 10.2. The van der Waals surface area contributed by atoms with Crippen molar-refractivity contribution in [3.63, 3.8) is 0 Å². The van der Waals surface area contributed by atoms with Crippen molar-refractivity contribution >= 4 is 23.2 Å². The van der Waals surface area contributed by atoms with Crippen LogP contribution in [0, 0.1) is 0 Å². The topological polar surface area (TPSA) is 0 Å². The van der Waals surface area contributed by atoms with Crippen molar-refractivity contribution in [1.29, 1.82) is 0 Å². The molecule has 3 aromatic carbocycles. The van der Waals surface area contributed by atoms with Crippen molar-refractivity contribution in [3.05, 3.63) is 91.0 Å². The van der Waals surface area contributed by atoms with E-state index in [0.717, 1.165) is 25.4 Å². The van der Waals surface area contributed by atoms with Gasteiger partial charge in [0.25, 0.3) is 0 Å². The van der Waals surface area contributed by atoms with Crippen LogP contribution >= 0.6 is 7.26 Å². The number of halogens is 1. The first-order chi connectivity index (χ1) is 13.5. The van der Waals surface area contributed by atoms with Crippen LogP contribution in [0.5, 0.6) is 0 Å². The van der Waals surface area contributed by atoms with Crippen LogP contribution in [0.25, 0.3) is 0 Å². The Bertz CT molecular complexity index is 740. The molecule has 0 aliphatic carbocycles. The molecule has 0 saturated heterocycles.